The SMILES string of the molecule is Nc1ccc(-c2ccncc2)c(Oc2cccc(F)c2)c1. The summed E-state index contributed by atoms with van der Waals surface area (Å²) in [5, 5.41) is 0. The second-order valence-corrected chi connectivity index (χ2v) is 4.55. The molecular formula is C17H13FN2O. The van der Waals surface area contributed by atoms with Gasteiger partial charge < -0.3 is 10.5 Å². The average Bonchev–Trinajstić information content (AvgIpc) is 2.48. The van der Waals surface area contributed by atoms with Crippen LogP contribution in [0.15, 0.2) is 67.0 Å². The van der Waals surface area contributed by atoms with Gasteiger partial charge in [0.05, 0.1) is 0 Å². The van der Waals surface area contributed by atoms with Crippen LogP contribution in [0.4, 0.5) is 10.1 Å². The first-order valence-corrected chi connectivity index (χ1v) is 6.46. The Balaban J connectivity index is 2.03. The van der Waals surface area contributed by atoms with Crippen LogP contribution in [0.25, 0.3) is 11.1 Å². The molecule has 2 N–H and O–H groups in total. The van der Waals surface area contributed by atoms with Crippen molar-refractivity contribution in [3.63, 3.8) is 0 Å². The van der Waals surface area contributed by atoms with Crippen molar-refractivity contribution < 1.29 is 9.13 Å². The maximum absolute atomic E-state index is 13.3. The van der Waals surface area contributed by atoms with Crippen LogP contribution < -0.4 is 10.5 Å². The van der Waals surface area contributed by atoms with Crippen LogP contribution in [-0.4, -0.2) is 4.98 Å². The number of nitrogens with two attached hydrogens (primary N) is 1. The maximum atomic E-state index is 13.3. The average molecular weight is 280 g/mol. The molecule has 0 aliphatic rings. The van der Waals surface area contributed by atoms with Crippen LogP contribution >= 0.6 is 0 Å². The lowest BCUT2D eigenvalue weighted by Crippen LogP contribution is -1.92. The molecule has 1 aromatic heterocycles. The van der Waals surface area contributed by atoms with Crippen molar-refractivity contribution in [2.75, 3.05) is 5.73 Å². The normalized spacial score (nSPS) is 10.3. The molecule has 3 rings (SSSR count). The van der Waals surface area contributed by atoms with Crippen LogP contribution in [-0.2, 0) is 0 Å². The largest absolute Gasteiger partial charge is 0.457 e. The zero-order valence-electron chi connectivity index (χ0n) is 11.2. The molecule has 0 atom stereocenters. The summed E-state index contributed by atoms with van der Waals surface area (Å²) in [6, 6.07) is 15.2. The third kappa shape index (κ3) is 3.00. The van der Waals surface area contributed by atoms with E-state index in [1.54, 1.807) is 36.7 Å². The quantitative estimate of drug-likeness (QED) is 0.729. The Morgan fingerprint density at radius 3 is 2.52 bits per heavy atom. The summed E-state index contributed by atoms with van der Waals surface area (Å²) >= 11 is 0. The molecule has 0 fully saturated rings. The number of halogens is 1. The van der Waals surface area contributed by atoms with Gasteiger partial charge in [-0.2, -0.15) is 0 Å². The molecule has 104 valence electrons. The third-order valence-corrected chi connectivity index (χ3v) is 3.02. The molecule has 2 aromatic carbocycles. The highest BCUT2D eigenvalue weighted by atomic mass is 19.1. The molecule has 0 unspecified atom stereocenters. The van der Waals surface area contributed by atoms with E-state index in [0.29, 0.717) is 17.2 Å². The van der Waals surface area contributed by atoms with E-state index in [1.165, 1.54) is 12.1 Å². The van der Waals surface area contributed by atoms with Gasteiger partial charge in [0, 0.05) is 35.8 Å². The molecule has 0 bridgehead atoms. The molecule has 1 heterocycles. The van der Waals surface area contributed by atoms with E-state index in [-0.39, 0.29) is 5.82 Å². The van der Waals surface area contributed by atoms with Gasteiger partial charge in [-0.3, -0.25) is 4.98 Å². The van der Waals surface area contributed by atoms with Crippen molar-refractivity contribution in [1.29, 1.82) is 0 Å². The van der Waals surface area contributed by atoms with E-state index in [4.69, 9.17) is 10.5 Å². The highest BCUT2D eigenvalue weighted by Crippen LogP contribution is 2.34. The summed E-state index contributed by atoms with van der Waals surface area (Å²) in [5.41, 5.74) is 8.23. The molecule has 0 radical (unpaired) electrons. The summed E-state index contributed by atoms with van der Waals surface area (Å²) in [6.45, 7) is 0. The molecule has 0 amide bonds. The molecule has 0 aliphatic heterocycles. The van der Waals surface area contributed by atoms with Crippen molar-refractivity contribution in [3.05, 3.63) is 72.8 Å². The zero-order valence-corrected chi connectivity index (χ0v) is 11.2. The van der Waals surface area contributed by atoms with E-state index in [2.05, 4.69) is 4.98 Å². The van der Waals surface area contributed by atoms with Gasteiger partial charge in [-0.25, -0.2) is 4.39 Å². The first kappa shape index (κ1) is 13.1. The van der Waals surface area contributed by atoms with Crippen LogP contribution in [0.1, 0.15) is 0 Å². The number of pyridine rings is 1. The minimum absolute atomic E-state index is 0.345. The summed E-state index contributed by atoms with van der Waals surface area (Å²) in [7, 11) is 0. The molecule has 0 aliphatic carbocycles. The number of rotatable bonds is 3. The predicted molar refractivity (Wildman–Crippen MR) is 80.6 cm³/mol. The zero-order chi connectivity index (χ0) is 14.7. The van der Waals surface area contributed by atoms with Gasteiger partial charge in [-0.1, -0.05) is 6.07 Å². The first-order valence-electron chi connectivity index (χ1n) is 6.46. The summed E-state index contributed by atoms with van der Waals surface area (Å²) in [5.74, 6) is 0.657. The number of aromatic nitrogens is 1. The number of hydrogen-bond donors (Lipinski definition) is 1. The number of anilines is 1. The van der Waals surface area contributed by atoms with E-state index >= 15 is 0 Å². The Morgan fingerprint density at radius 1 is 0.952 bits per heavy atom. The fraction of sp³-hybridized carbons (Fsp3) is 0. The van der Waals surface area contributed by atoms with Crippen molar-refractivity contribution >= 4 is 5.69 Å². The molecule has 0 saturated carbocycles. The second-order valence-electron chi connectivity index (χ2n) is 4.55. The molecule has 0 spiro atoms. The van der Waals surface area contributed by atoms with Crippen molar-refractivity contribution in [3.8, 4) is 22.6 Å². The third-order valence-electron chi connectivity index (χ3n) is 3.02. The van der Waals surface area contributed by atoms with E-state index in [1.807, 2.05) is 18.2 Å². The minimum Gasteiger partial charge on any atom is -0.457 e. The maximum Gasteiger partial charge on any atom is 0.137 e. The van der Waals surface area contributed by atoms with Gasteiger partial charge in [-0.05, 0) is 42.0 Å². The number of hydrogen-bond acceptors (Lipinski definition) is 3. The highest BCUT2D eigenvalue weighted by Gasteiger charge is 2.08. The molecule has 3 nitrogen and oxygen atoms in total. The number of nitrogen functional groups attached to an aromatic ring is 1. The summed E-state index contributed by atoms with van der Waals surface area (Å²) in [4.78, 5) is 4.00. The van der Waals surface area contributed by atoms with Crippen LogP contribution in [0.2, 0.25) is 0 Å². The topological polar surface area (TPSA) is 48.1 Å². The highest BCUT2D eigenvalue weighted by molar-refractivity contribution is 5.73. The standard InChI is InChI=1S/C17H13FN2O/c18-13-2-1-3-15(10-13)21-17-11-14(19)4-5-16(17)12-6-8-20-9-7-12/h1-11H,19H2. The molecule has 4 heteroatoms. The van der Waals surface area contributed by atoms with Crippen LogP contribution in [0.5, 0.6) is 11.5 Å². The first-order chi connectivity index (χ1) is 10.2. The van der Waals surface area contributed by atoms with E-state index in [0.717, 1.165) is 11.1 Å². The van der Waals surface area contributed by atoms with Gasteiger partial charge in [0.25, 0.3) is 0 Å². The Kier molecular flexibility index (Phi) is 3.51. The lowest BCUT2D eigenvalue weighted by Gasteiger charge is -2.12. The van der Waals surface area contributed by atoms with Gasteiger partial charge in [-0.15, -0.1) is 0 Å². The van der Waals surface area contributed by atoms with Crippen LogP contribution in [0.3, 0.4) is 0 Å². The number of ether oxygens (including phenoxy) is 1. The predicted octanol–water partition coefficient (Wildman–Crippen LogP) is 4.26. The fourth-order valence-electron chi connectivity index (χ4n) is 2.05. The summed E-state index contributed by atoms with van der Waals surface area (Å²) < 4.78 is 19.0. The molecule has 21 heavy (non-hydrogen) atoms. The van der Waals surface area contributed by atoms with E-state index in [9.17, 15) is 4.39 Å². The Bertz CT molecular complexity index is 760. The Labute approximate surface area is 121 Å². The van der Waals surface area contributed by atoms with E-state index < -0.39 is 0 Å². The smallest absolute Gasteiger partial charge is 0.137 e. The molecule has 0 saturated heterocycles. The monoisotopic (exact) mass is 280 g/mol. The van der Waals surface area contributed by atoms with Crippen molar-refractivity contribution in [1.82, 2.24) is 4.98 Å². The number of benzene rings is 2. The lowest BCUT2D eigenvalue weighted by molar-refractivity contribution is 0.479. The minimum atomic E-state index is -0.345. The van der Waals surface area contributed by atoms with Gasteiger partial charge >= 0.3 is 0 Å². The lowest BCUT2D eigenvalue weighted by atomic mass is 10.1. The van der Waals surface area contributed by atoms with Crippen molar-refractivity contribution in [2.24, 2.45) is 0 Å². The van der Waals surface area contributed by atoms with Gasteiger partial charge in [0.2, 0.25) is 0 Å². The molecular weight excluding hydrogens is 267 g/mol. The summed E-state index contributed by atoms with van der Waals surface area (Å²) in [6.07, 6.45) is 3.41. The fourth-order valence-corrected chi connectivity index (χ4v) is 2.05. The molecule has 3 aromatic rings. The van der Waals surface area contributed by atoms with Gasteiger partial charge in [0.1, 0.15) is 17.3 Å². The van der Waals surface area contributed by atoms with Crippen molar-refractivity contribution in [2.45, 2.75) is 0 Å². The number of nitrogens with zero attached hydrogens (tertiary/aromatic N) is 1. The Morgan fingerprint density at radius 2 is 1.76 bits per heavy atom. The second kappa shape index (κ2) is 5.63. The van der Waals surface area contributed by atoms with Gasteiger partial charge in [0.15, 0.2) is 0 Å². The Hall–Kier alpha value is -2.88. The van der Waals surface area contributed by atoms with Crippen LogP contribution in [0, 0.1) is 5.82 Å².